The summed E-state index contributed by atoms with van der Waals surface area (Å²) >= 11 is 0. The second kappa shape index (κ2) is 20.1. The fourth-order valence-electron chi connectivity index (χ4n) is 1.90. The van der Waals surface area contributed by atoms with E-state index in [0.717, 1.165) is 51.4 Å². The van der Waals surface area contributed by atoms with Gasteiger partial charge in [-0.05, 0) is 51.4 Å². The molecule has 0 spiro atoms. The topological polar surface area (TPSA) is 61.3 Å². The van der Waals surface area contributed by atoms with Crippen molar-refractivity contribution >= 4 is 8.45 Å². The van der Waals surface area contributed by atoms with Crippen LogP contribution in [0.2, 0.25) is 0 Å². The number of hydrogen-bond acceptors (Lipinski definition) is 3. The molecule has 0 radical (unpaired) electrons. The lowest BCUT2D eigenvalue weighted by Crippen LogP contribution is -2.03. The summed E-state index contributed by atoms with van der Waals surface area (Å²) in [6.45, 7) is 2.83. The number of nitrogens with two attached hydrogens (primary N) is 2. The quantitative estimate of drug-likeness (QED) is 0.214. The molecule has 0 heterocycles. The molecule has 4 N–H and O–H groups in total. The van der Waals surface area contributed by atoms with E-state index in [1.165, 1.54) is 0 Å². The molecule has 0 aliphatic rings. The summed E-state index contributed by atoms with van der Waals surface area (Å²) in [7, 11) is -1.18. The van der Waals surface area contributed by atoms with Crippen molar-refractivity contribution in [3.63, 3.8) is 0 Å². The van der Waals surface area contributed by atoms with Crippen molar-refractivity contribution in [2.75, 3.05) is 6.61 Å². The van der Waals surface area contributed by atoms with Gasteiger partial charge in [0.25, 0.3) is 0 Å². The van der Waals surface area contributed by atoms with E-state index in [1.54, 1.807) is 0 Å². The van der Waals surface area contributed by atoms with Gasteiger partial charge in [0.2, 0.25) is 0 Å². The minimum Gasteiger partial charge on any atom is -0.332 e. The van der Waals surface area contributed by atoms with E-state index in [9.17, 15) is 0 Å². The molecule has 0 aliphatic heterocycles. The van der Waals surface area contributed by atoms with Crippen LogP contribution < -0.4 is 11.0 Å². The molecule has 0 unspecified atom stereocenters. The highest BCUT2D eigenvalue weighted by atomic mass is 31.2. The molecule has 0 saturated heterocycles. The van der Waals surface area contributed by atoms with Gasteiger partial charge in [-0.15, -0.1) is 0 Å². The first kappa shape index (κ1) is 23.0. The summed E-state index contributed by atoms with van der Waals surface area (Å²) in [5, 5.41) is 0. The summed E-state index contributed by atoms with van der Waals surface area (Å²) in [4.78, 5) is 0. The SMILES string of the molecule is CC/C=C\C/C=C\C/C=C\C/C=C\C/C=C\CCCCOP(N)N. The lowest BCUT2D eigenvalue weighted by molar-refractivity contribution is 0.339. The molecule has 24 heavy (non-hydrogen) atoms. The molecule has 3 nitrogen and oxygen atoms in total. The number of rotatable bonds is 15. The Labute approximate surface area is 150 Å². The zero-order valence-corrected chi connectivity index (χ0v) is 16.0. The molecule has 0 aromatic carbocycles. The average molecular weight is 350 g/mol. The maximum atomic E-state index is 5.36. The van der Waals surface area contributed by atoms with Gasteiger partial charge in [-0.3, -0.25) is 11.0 Å². The maximum Gasteiger partial charge on any atom is 0.176 e. The van der Waals surface area contributed by atoms with Crippen LogP contribution in [0.1, 0.15) is 58.3 Å². The second-order valence-corrected chi connectivity index (χ2v) is 6.37. The summed E-state index contributed by atoms with van der Waals surface area (Å²) in [5.74, 6) is 0. The first-order valence-corrected chi connectivity index (χ1v) is 10.3. The molecular weight excluding hydrogens is 315 g/mol. The van der Waals surface area contributed by atoms with Crippen LogP contribution in [0.3, 0.4) is 0 Å². The van der Waals surface area contributed by atoms with E-state index < -0.39 is 8.45 Å². The molecule has 0 amide bonds. The van der Waals surface area contributed by atoms with Crippen molar-refractivity contribution in [1.82, 2.24) is 0 Å². The van der Waals surface area contributed by atoms with Crippen molar-refractivity contribution in [2.45, 2.75) is 58.3 Å². The minimum atomic E-state index is -1.18. The monoisotopic (exact) mass is 350 g/mol. The lowest BCUT2D eigenvalue weighted by atomic mass is 10.2. The summed E-state index contributed by atoms with van der Waals surface area (Å²) in [6.07, 6.45) is 30.6. The smallest absolute Gasteiger partial charge is 0.176 e. The third-order valence-electron chi connectivity index (χ3n) is 3.16. The van der Waals surface area contributed by atoms with Gasteiger partial charge in [0.1, 0.15) is 0 Å². The van der Waals surface area contributed by atoms with E-state index in [0.29, 0.717) is 6.61 Å². The van der Waals surface area contributed by atoms with Crippen LogP contribution in [-0.2, 0) is 4.52 Å². The number of allylic oxidation sites excluding steroid dienone is 10. The van der Waals surface area contributed by atoms with Crippen molar-refractivity contribution in [2.24, 2.45) is 11.0 Å². The fourth-order valence-corrected chi connectivity index (χ4v) is 2.24. The van der Waals surface area contributed by atoms with Gasteiger partial charge in [-0.25, -0.2) is 0 Å². The van der Waals surface area contributed by atoms with Gasteiger partial charge in [0.05, 0.1) is 6.61 Å². The Hall–Kier alpha value is -0.990. The molecule has 0 aliphatic carbocycles. The molecule has 0 aromatic rings. The molecular formula is C20H35N2OP. The molecule has 0 saturated carbocycles. The Morgan fingerprint density at radius 3 is 1.58 bits per heavy atom. The maximum absolute atomic E-state index is 5.36. The van der Waals surface area contributed by atoms with Gasteiger partial charge >= 0.3 is 0 Å². The predicted molar refractivity (Wildman–Crippen MR) is 110 cm³/mol. The van der Waals surface area contributed by atoms with Crippen LogP contribution in [0, 0.1) is 0 Å². The van der Waals surface area contributed by atoms with Crippen LogP contribution in [-0.4, -0.2) is 6.61 Å². The highest BCUT2D eigenvalue weighted by molar-refractivity contribution is 7.47. The largest absolute Gasteiger partial charge is 0.332 e. The first-order chi connectivity index (χ1) is 11.8. The fraction of sp³-hybridized carbons (Fsp3) is 0.500. The standard InChI is InChI=1S/C20H35N2OP/c1-2-3-4-5-6-7-8-9-10-11-12-13-14-15-16-17-18-19-20-23-24(21)22/h3-4,6-7,9-10,12-13,15-16H,2,5,8,11,14,17-22H2,1H3/b4-3-,7-6-,10-9-,13-12-,16-15-. The van der Waals surface area contributed by atoms with Gasteiger partial charge in [-0.1, -0.05) is 67.7 Å². The van der Waals surface area contributed by atoms with Gasteiger partial charge < -0.3 is 4.52 Å². The molecule has 0 aromatic heterocycles. The third kappa shape index (κ3) is 21.0. The Balaban J connectivity index is 3.40. The molecule has 136 valence electrons. The summed E-state index contributed by atoms with van der Waals surface area (Å²) in [6, 6.07) is 0. The lowest BCUT2D eigenvalue weighted by Gasteiger charge is -2.04. The highest BCUT2D eigenvalue weighted by Crippen LogP contribution is 2.15. The summed E-state index contributed by atoms with van der Waals surface area (Å²) in [5.41, 5.74) is 10.7. The van der Waals surface area contributed by atoms with E-state index in [4.69, 9.17) is 15.5 Å². The van der Waals surface area contributed by atoms with Gasteiger partial charge in [0, 0.05) is 0 Å². The van der Waals surface area contributed by atoms with Crippen LogP contribution in [0.25, 0.3) is 0 Å². The normalized spacial score (nSPS) is 13.2. The Morgan fingerprint density at radius 2 is 1.12 bits per heavy atom. The van der Waals surface area contributed by atoms with E-state index in [2.05, 4.69) is 67.7 Å². The molecule has 4 heteroatoms. The highest BCUT2D eigenvalue weighted by Gasteiger charge is 1.92. The van der Waals surface area contributed by atoms with Crippen molar-refractivity contribution in [3.05, 3.63) is 60.8 Å². The molecule has 0 bridgehead atoms. The van der Waals surface area contributed by atoms with Crippen LogP contribution in [0.4, 0.5) is 0 Å². The minimum absolute atomic E-state index is 0.670. The molecule has 0 rings (SSSR count). The average Bonchev–Trinajstić information content (AvgIpc) is 2.56. The van der Waals surface area contributed by atoms with Crippen molar-refractivity contribution < 1.29 is 4.52 Å². The van der Waals surface area contributed by atoms with Crippen LogP contribution >= 0.6 is 8.45 Å². The van der Waals surface area contributed by atoms with Crippen molar-refractivity contribution in [1.29, 1.82) is 0 Å². The first-order valence-electron chi connectivity index (χ1n) is 8.94. The van der Waals surface area contributed by atoms with E-state index in [1.807, 2.05) is 0 Å². The van der Waals surface area contributed by atoms with Crippen LogP contribution in [0.15, 0.2) is 60.8 Å². The zero-order chi connectivity index (χ0) is 17.7. The Bertz CT molecular complexity index is 398. The predicted octanol–water partition coefficient (Wildman–Crippen LogP) is 6.07. The third-order valence-corrected chi connectivity index (χ3v) is 3.64. The van der Waals surface area contributed by atoms with E-state index in [-0.39, 0.29) is 0 Å². The molecule has 0 fully saturated rings. The van der Waals surface area contributed by atoms with E-state index >= 15 is 0 Å². The van der Waals surface area contributed by atoms with Gasteiger partial charge in [-0.2, -0.15) is 0 Å². The van der Waals surface area contributed by atoms with Gasteiger partial charge in [0.15, 0.2) is 8.45 Å². The van der Waals surface area contributed by atoms with Crippen LogP contribution in [0.5, 0.6) is 0 Å². The second-order valence-electron chi connectivity index (χ2n) is 5.40. The Morgan fingerprint density at radius 1 is 0.667 bits per heavy atom. The summed E-state index contributed by atoms with van der Waals surface area (Å²) < 4.78 is 5.14. The number of hydrogen-bond donors (Lipinski definition) is 2. The Kier molecular flexibility index (Phi) is 19.2. The zero-order valence-electron chi connectivity index (χ0n) is 15.1. The van der Waals surface area contributed by atoms with Crippen molar-refractivity contribution in [3.8, 4) is 0 Å². The number of unbranched alkanes of at least 4 members (excludes halogenated alkanes) is 2. The molecule has 0 atom stereocenters.